The number of urea groups is 2. The number of aliphatic carboxylic acids is 1. The molecule has 190 valence electrons. The first-order valence-electron chi connectivity index (χ1n) is 11.4. The highest BCUT2D eigenvalue weighted by atomic mass is 35.5. The summed E-state index contributed by atoms with van der Waals surface area (Å²) >= 11 is 5.88. The summed E-state index contributed by atoms with van der Waals surface area (Å²) in [6.45, 7) is -0.116. The average molecular weight is 522 g/mol. The van der Waals surface area contributed by atoms with Gasteiger partial charge in [-0.1, -0.05) is 29.8 Å². The number of carboxylic acids is 1. The first kappa shape index (κ1) is 25.6. The number of carboxylic acid groups (broad SMARTS) is 1. The van der Waals surface area contributed by atoms with E-state index in [4.69, 9.17) is 16.3 Å². The van der Waals surface area contributed by atoms with E-state index in [0.717, 1.165) is 16.8 Å². The third-order valence-electron chi connectivity index (χ3n) is 5.71. The Kier molecular flexibility index (Phi) is 7.99. The monoisotopic (exact) mass is 521 g/mol. The lowest BCUT2D eigenvalue weighted by molar-refractivity contribution is -0.143. The summed E-state index contributed by atoms with van der Waals surface area (Å²) in [6.07, 6.45) is 3.55. The van der Waals surface area contributed by atoms with Crippen LogP contribution in [-0.2, 0) is 11.3 Å². The SMILES string of the molecule is O=C(NC=Nc1ccc(Oc2ccccn2)cc1)N(CC1(C(=O)O)CC1)C(=O)NCc1ccc(Cl)cc1. The Morgan fingerprint density at radius 1 is 1.05 bits per heavy atom. The third-order valence-corrected chi connectivity index (χ3v) is 5.97. The number of amides is 4. The van der Waals surface area contributed by atoms with E-state index in [0.29, 0.717) is 35.2 Å². The summed E-state index contributed by atoms with van der Waals surface area (Å²) in [7, 11) is 0. The van der Waals surface area contributed by atoms with E-state index < -0.39 is 23.4 Å². The molecule has 2 aromatic carbocycles. The molecule has 1 saturated carbocycles. The van der Waals surface area contributed by atoms with Gasteiger partial charge in [-0.05, 0) is 60.9 Å². The highest BCUT2D eigenvalue weighted by Crippen LogP contribution is 2.46. The smallest absolute Gasteiger partial charge is 0.330 e. The molecule has 0 saturated heterocycles. The number of aromatic nitrogens is 1. The molecule has 3 aromatic rings. The second-order valence-electron chi connectivity index (χ2n) is 8.43. The van der Waals surface area contributed by atoms with Gasteiger partial charge >= 0.3 is 18.0 Å². The molecule has 1 aliphatic rings. The van der Waals surface area contributed by atoms with Crippen molar-refractivity contribution in [2.24, 2.45) is 10.4 Å². The molecule has 4 amide bonds. The van der Waals surface area contributed by atoms with Crippen molar-refractivity contribution in [3.8, 4) is 11.6 Å². The number of imide groups is 1. The number of rotatable bonds is 9. The van der Waals surface area contributed by atoms with Gasteiger partial charge < -0.3 is 15.2 Å². The van der Waals surface area contributed by atoms with E-state index in [1.54, 1.807) is 66.9 Å². The molecule has 0 bridgehead atoms. The first-order chi connectivity index (χ1) is 17.8. The topological polar surface area (TPSA) is 133 Å². The van der Waals surface area contributed by atoms with Crippen molar-refractivity contribution in [3.05, 3.63) is 83.5 Å². The minimum atomic E-state index is -1.13. The number of pyridine rings is 1. The number of hydrogen-bond acceptors (Lipinski definition) is 6. The second-order valence-corrected chi connectivity index (χ2v) is 8.86. The molecule has 1 aliphatic carbocycles. The molecule has 37 heavy (non-hydrogen) atoms. The Balaban J connectivity index is 1.37. The zero-order valence-electron chi connectivity index (χ0n) is 19.6. The maximum Gasteiger partial charge on any atom is 0.330 e. The molecular formula is C26H24ClN5O5. The molecule has 0 spiro atoms. The Labute approximate surface area is 217 Å². The van der Waals surface area contributed by atoms with Crippen LogP contribution in [0.15, 0.2) is 77.9 Å². The summed E-state index contributed by atoms with van der Waals surface area (Å²) in [5.41, 5.74) is 0.168. The molecule has 0 radical (unpaired) electrons. The van der Waals surface area contributed by atoms with E-state index in [-0.39, 0.29) is 13.1 Å². The lowest BCUT2D eigenvalue weighted by Crippen LogP contribution is -2.51. The average Bonchev–Trinajstić information content (AvgIpc) is 3.69. The van der Waals surface area contributed by atoms with Crippen molar-refractivity contribution >= 4 is 41.7 Å². The van der Waals surface area contributed by atoms with Crippen LogP contribution in [0.3, 0.4) is 0 Å². The number of aliphatic imine (C=N–C) groups is 1. The summed E-state index contributed by atoms with van der Waals surface area (Å²) in [5.74, 6) is -0.0265. The van der Waals surface area contributed by atoms with Crippen molar-refractivity contribution in [1.82, 2.24) is 20.5 Å². The van der Waals surface area contributed by atoms with Crippen molar-refractivity contribution in [1.29, 1.82) is 0 Å². The number of halogens is 1. The van der Waals surface area contributed by atoms with E-state index in [1.165, 1.54) is 0 Å². The minimum absolute atomic E-state index is 0.140. The van der Waals surface area contributed by atoms with Gasteiger partial charge in [0, 0.05) is 30.4 Å². The number of benzene rings is 2. The Morgan fingerprint density at radius 2 is 1.78 bits per heavy atom. The van der Waals surface area contributed by atoms with E-state index in [1.807, 2.05) is 6.07 Å². The van der Waals surface area contributed by atoms with E-state index >= 15 is 0 Å². The molecule has 1 aromatic heterocycles. The van der Waals surface area contributed by atoms with Crippen LogP contribution in [0, 0.1) is 5.41 Å². The fourth-order valence-corrected chi connectivity index (χ4v) is 3.50. The van der Waals surface area contributed by atoms with Gasteiger partial charge in [-0.25, -0.2) is 24.5 Å². The highest BCUT2D eigenvalue weighted by molar-refractivity contribution is 6.30. The molecule has 11 heteroatoms. The van der Waals surface area contributed by atoms with Gasteiger partial charge in [-0.15, -0.1) is 0 Å². The molecule has 10 nitrogen and oxygen atoms in total. The maximum absolute atomic E-state index is 12.8. The summed E-state index contributed by atoms with van der Waals surface area (Å²) in [6, 6.07) is 17.4. The van der Waals surface area contributed by atoms with Gasteiger partial charge in [0.05, 0.1) is 17.4 Å². The summed E-state index contributed by atoms with van der Waals surface area (Å²) in [4.78, 5) is 46.5. The largest absolute Gasteiger partial charge is 0.481 e. The quantitative estimate of drug-likeness (QED) is 0.269. The van der Waals surface area contributed by atoms with Gasteiger partial charge in [-0.3, -0.25) is 10.1 Å². The van der Waals surface area contributed by atoms with Crippen LogP contribution in [-0.4, -0.2) is 45.9 Å². The van der Waals surface area contributed by atoms with Crippen molar-refractivity contribution in [2.75, 3.05) is 6.54 Å². The molecule has 3 N–H and O–H groups in total. The predicted octanol–water partition coefficient (Wildman–Crippen LogP) is 4.97. The number of ether oxygens (including phenoxy) is 1. The van der Waals surface area contributed by atoms with Gasteiger partial charge in [0.1, 0.15) is 5.75 Å². The van der Waals surface area contributed by atoms with Gasteiger partial charge in [0.2, 0.25) is 5.88 Å². The predicted molar refractivity (Wildman–Crippen MR) is 137 cm³/mol. The van der Waals surface area contributed by atoms with E-state index in [2.05, 4.69) is 20.6 Å². The molecule has 0 unspecified atom stereocenters. The zero-order chi connectivity index (χ0) is 26.3. The number of nitrogens with one attached hydrogen (secondary N) is 2. The van der Waals surface area contributed by atoms with Gasteiger partial charge in [0.25, 0.3) is 0 Å². The van der Waals surface area contributed by atoms with Crippen molar-refractivity contribution in [2.45, 2.75) is 19.4 Å². The highest BCUT2D eigenvalue weighted by Gasteiger charge is 2.52. The first-order valence-corrected chi connectivity index (χ1v) is 11.8. The molecule has 0 atom stereocenters. The third kappa shape index (κ3) is 7.05. The van der Waals surface area contributed by atoms with Crippen LogP contribution in [0.1, 0.15) is 18.4 Å². The van der Waals surface area contributed by atoms with Crippen LogP contribution < -0.4 is 15.4 Å². The van der Waals surface area contributed by atoms with Crippen molar-refractivity contribution < 1.29 is 24.2 Å². The van der Waals surface area contributed by atoms with Crippen LogP contribution >= 0.6 is 11.6 Å². The molecule has 1 heterocycles. The number of carbonyl (C=O) groups is 3. The maximum atomic E-state index is 12.8. The van der Waals surface area contributed by atoms with Crippen LogP contribution in [0.5, 0.6) is 11.6 Å². The standard InChI is InChI=1S/C26H24ClN5O5/c27-19-6-4-18(5-7-19)15-29-24(35)32(16-26(12-13-26)23(33)34)25(36)31-17-30-20-8-10-21(11-9-20)37-22-3-1-2-14-28-22/h1-11,14,17H,12-13,15-16H2,(H,29,35)(H,33,34)(H,30,31,36). The molecule has 0 aliphatic heterocycles. The van der Waals surface area contributed by atoms with Crippen LogP contribution in [0.25, 0.3) is 0 Å². The van der Waals surface area contributed by atoms with Crippen LogP contribution in [0.2, 0.25) is 5.02 Å². The Hall–Kier alpha value is -4.44. The summed E-state index contributed by atoms with van der Waals surface area (Å²) in [5, 5.41) is 15.2. The molecular weight excluding hydrogens is 498 g/mol. The minimum Gasteiger partial charge on any atom is -0.481 e. The van der Waals surface area contributed by atoms with Crippen molar-refractivity contribution in [3.63, 3.8) is 0 Å². The normalized spacial score (nSPS) is 13.5. The fourth-order valence-electron chi connectivity index (χ4n) is 3.37. The molecule has 4 rings (SSSR count). The summed E-state index contributed by atoms with van der Waals surface area (Å²) < 4.78 is 5.63. The number of hydrogen-bond donors (Lipinski definition) is 3. The van der Waals surface area contributed by atoms with Gasteiger partial charge in [0.15, 0.2) is 0 Å². The Morgan fingerprint density at radius 3 is 2.41 bits per heavy atom. The zero-order valence-corrected chi connectivity index (χ0v) is 20.4. The lowest BCUT2D eigenvalue weighted by Gasteiger charge is -2.24. The Bertz CT molecular complexity index is 1280. The number of nitrogens with zero attached hydrogens (tertiary/aromatic N) is 3. The number of carbonyl (C=O) groups excluding carboxylic acids is 2. The van der Waals surface area contributed by atoms with Gasteiger partial charge in [-0.2, -0.15) is 0 Å². The lowest BCUT2D eigenvalue weighted by atomic mass is 10.1. The van der Waals surface area contributed by atoms with Crippen LogP contribution in [0.4, 0.5) is 15.3 Å². The fraction of sp³-hybridized carbons (Fsp3) is 0.192. The van der Waals surface area contributed by atoms with E-state index in [9.17, 15) is 19.5 Å². The molecule has 1 fully saturated rings. The second kappa shape index (κ2) is 11.5.